The molecule has 0 unspecified atom stereocenters. The Labute approximate surface area is 107 Å². The first kappa shape index (κ1) is 14.2. The Morgan fingerprint density at radius 2 is 1.72 bits per heavy atom. The highest BCUT2D eigenvalue weighted by atomic mass is 16.4. The van der Waals surface area contributed by atoms with Crippen LogP contribution in [0.25, 0.3) is 0 Å². The van der Waals surface area contributed by atoms with Gasteiger partial charge in [0.25, 0.3) is 0 Å². The summed E-state index contributed by atoms with van der Waals surface area (Å²) in [6, 6.07) is 9.31. The van der Waals surface area contributed by atoms with Crippen molar-refractivity contribution in [3.8, 4) is 0 Å². The number of hydrogen-bond donors (Lipinski definition) is 1. The summed E-state index contributed by atoms with van der Waals surface area (Å²) in [6.45, 7) is 3.58. The topological polar surface area (TPSA) is 57.6 Å². The molecule has 1 N–H and O–H groups in total. The van der Waals surface area contributed by atoms with Gasteiger partial charge in [-0.1, -0.05) is 32.0 Å². The van der Waals surface area contributed by atoms with E-state index in [4.69, 9.17) is 5.11 Å². The molecule has 0 aromatic heterocycles. The quantitative estimate of drug-likeness (QED) is 0.872. The number of carbonyl (C=O) groups is 2. The fraction of sp³-hybridized carbons (Fsp3) is 0.429. The van der Waals surface area contributed by atoms with Crippen molar-refractivity contribution in [2.45, 2.75) is 26.7 Å². The number of carbonyl (C=O) groups excluding carboxylic acids is 1. The zero-order chi connectivity index (χ0) is 13.8. The average molecular weight is 249 g/mol. The van der Waals surface area contributed by atoms with Crippen LogP contribution in [0.2, 0.25) is 0 Å². The predicted molar refractivity (Wildman–Crippen MR) is 70.5 cm³/mol. The van der Waals surface area contributed by atoms with Crippen LogP contribution >= 0.6 is 0 Å². The molecule has 0 aliphatic rings. The lowest BCUT2D eigenvalue weighted by molar-refractivity contribution is -0.139. The minimum Gasteiger partial charge on any atom is -0.481 e. The Morgan fingerprint density at radius 3 is 2.22 bits per heavy atom. The second kappa shape index (κ2) is 5.67. The summed E-state index contributed by atoms with van der Waals surface area (Å²) in [7, 11) is 1.70. The molecule has 0 fully saturated rings. The molecular formula is C14H19NO3. The van der Waals surface area contributed by atoms with Crippen LogP contribution in [-0.4, -0.2) is 24.0 Å². The highest BCUT2D eigenvalue weighted by Crippen LogP contribution is 2.26. The number of rotatable bonds is 5. The maximum absolute atomic E-state index is 12.1. The molecule has 0 aliphatic heterocycles. The van der Waals surface area contributed by atoms with Crippen LogP contribution in [0, 0.1) is 5.41 Å². The zero-order valence-corrected chi connectivity index (χ0v) is 11.0. The van der Waals surface area contributed by atoms with Crippen LogP contribution in [0.5, 0.6) is 0 Å². The van der Waals surface area contributed by atoms with Crippen molar-refractivity contribution >= 4 is 17.6 Å². The fourth-order valence-corrected chi connectivity index (χ4v) is 1.80. The molecule has 1 rings (SSSR count). The van der Waals surface area contributed by atoms with Crippen molar-refractivity contribution in [3.63, 3.8) is 0 Å². The molecule has 0 bridgehead atoms. The van der Waals surface area contributed by atoms with Crippen molar-refractivity contribution in [1.29, 1.82) is 0 Å². The van der Waals surface area contributed by atoms with Gasteiger partial charge < -0.3 is 10.0 Å². The summed E-state index contributed by atoms with van der Waals surface area (Å²) in [4.78, 5) is 24.3. The van der Waals surface area contributed by atoms with Gasteiger partial charge in [0.2, 0.25) is 5.91 Å². The first-order chi connectivity index (χ1) is 8.32. The standard InChI is InChI=1S/C14H19NO3/c1-14(2,10-13(17)18)9-12(16)15(3)11-7-5-4-6-8-11/h4-8H,9-10H2,1-3H3,(H,17,18). The van der Waals surface area contributed by atoms with Crippen molar-refractivity contribution in [3.05, 3.63) is 30.3 Å². The maximum Gasteiger partial charge on any atom is 0.303 e. The number of anilines is 1. The normalized spacial score (nSPS) is 11.1. The predicted octanol–water partition coefficient (Wildman–Crippen LogP) is 2.54. The van der Waals surface area contributed by atoms with E-state index >= 15 is 0 Å². The molecule has 1 aromatic rings. The van der Waals surface area contributed by atoms with Gasteiger partial charge in [-0.2, -0.15) is 0 Å². The number of aliphatic carboxylic acids is 1. The average Bonchev–Trinajstić information content (AvgIpc) is 2.26. The van der Waals surface area contributed by atoms with Gasteiger partial charge in [-0.15, -0.1) is 0 Å². The minimum atomic E-state index is -0.879. The van der Waals surface area contributed by atoms with E-state index < -0.39 is 11.4 Å². The summed E-state index contributed by atoms with van der Waals surface area (Å²) in [5.41, 5.74) is 0.278. The van der Waals surface area contributed by atoms with Gasteiger partial charge in [-0.3, -0.25) is 9.59 Å². The monoisotopic (exact) mass is 249 g/mol. The van der Waals surface area contributed by atoms with E-state index in [2.05, 4.69) is 0 Å². The molecule has 0 heterocycles. The molecule has 98 valence electrons. The molecule has 4 heteroatoms. The molecule has 0 radical (unpaired) electrons. The number of carboxylic acid groups (broad SMARTS) is 1. The number of amides is 1. The van der Waals surface area contributed by atoms with Crippen molar-refractivity contribution in [2.24, 2.45) is 5.41 Å². The van der Waals surface area contributed by atoms with Gasteiger partial charge in [0, 0.05) is 19.2 Å². The minimum absolute atomic E-state index is 0.0125. The highest BCUT2D eigenvalue weighted by Gasteiger charge is 2.27. The second-order valence-corrected chi connectivity index (χ2v) is 5.20. The molecule has 0 aliphatic carbocycles. The highest BCUT2D eigenvalue weighted by molar-refractivity contribution is 5.93. The summed E-state index contributed by atoms with van der Waals surface area (Å²) in [5, 5.41) is 8.79. The van der Waals surface area contributed by atoms with Crippen LogP contribution in [0.4, 0.5) is 5.69 Å². The van der Waals surface area contributed by atoms with Crippen LogP contribution < -0.4 is 4.90 Å². The summed E-state index contributed by atoms with van der Waals surface area (Å²) in [6.07, 6.45) is 0.200. The number of nitrogens with zero attached hydrogens (tertiary/aromatic N) is 1. The number of para-hydroxylation sites is 1. The van der Waals surface area contributed by atoms with E-state index in [0.717, 1.165) is 5.69 Å². The van der Waals surface area contributed by atoms with Crippen LogP contribution in [-0.2, 0) is 9.59 Å². The van der Waals surface area contributed by atoms with Crippen molar-refractivity contribution < 1.29 is 14.7 Å². The fourth-order valence-electron chi connectivity index (χ4n) is 1.80. The molecule has 1 amide bonds. The molecule has 18 heavy (non-hydrogen) atoms. The zero-order valence-electron chi connectivity index (χ0n) is 11.0. The SMILES string of the molecule is CN(C(=O)CC(C)(C)CC(=O)O)c1ccccc1. The van der Waals surface area contributed by atoms with E-state index in [1.54, 1.807) is 25.8 Å². The first-order valence-corrected chi connectivity index (χ1v) is 5.85. The molecule has 0 atom stereocenters. The lowest BCUT2D eigenvalue weighted by Crippen LogP contribution is -2.31. The Morgan fingerprint density at radius 1 is 1.17 bits per heavy atom. The Bertz CT molecular complexity index is 426. The second-order valence-electron chi connectivity index (χ2n) is 5.20. The third kappa shape index (κ3) is 4.20. The van der Waals surface area contributed by atoms with Gasteiger partial charge in [-0.05, 0) is 17.5 Å². The van der Waals surface area contributed by atoms with E-state index in [-0.39, 0.29) is 18.7 Å². The number of hydrogen-bond acceptors (Lipinski definition) is 2. The summed E-state index contributed by atoms with van der Waals surface area (Å²) >= 11 is 0. The summed E-state index contributed by atoms with van der Waals surface area (Å²) < 4.78 is 0. The van der Waals surface area contributed by atoms with Gasteiger partial charge in [-0.25, -0.2) is 0 Å². The van der Waals surface area contributed by atoms with Gasteiger partial charge in [0.05, 0.1) is 6.42 Å². The van der Waals surface area contributed by atoms with Gasteiger partial charge in [0.15, 0.2) is 0 Å². The Hall–Kier alpha value is -1.84. The van der Waals surface area contributed by atoms with E-state index in [1.165, 1.54) is 0 Å². The molecule has 4 nitrogen and oxygen atoms in total. The van der Waals surface area contributed by atoms with E-state index in [9.17, 15) is 9.59 Å². The smallest absolute Gasteiger partial charge is 0.303 e. The number of benzene rings is 1. The van der Waals surface area contributed by atoms with Crippen LogP contribution in [0.1, 0.15) is 26.7 Å². The van der Waals surface area contributed by atoms with Crippen LogP contribution in [0.3, 0.4) is 0 Å². The lowest BCUT2D eigenvalue weighted by atomic mass is 9.85. The Kier molecular flexibility index (Phi) is 4.48. The van der Waals surface area contributed by atoms with Crippen molar-refractivity contribution in [2.75, 3.05) is 11.9 Å². The third-order valence-electron chi connectivity index (χ3n) is 2.78. The summed E-state index contributed by atoms with van der Waals surface area (Å²) in [5.74, 6) is -0.956. The largest absolute Gasteiger partial charge is 0.481 e. The van der Waals surface area contributed by atoms with E-state index in [0.29, 0.717) is 0 Å². The van der Waals surface area contributed by atoms with Crippen LogP contribution in [0.15, 0.2) is 30.3 Å². The van der Waals surface area contributed by atoms with Crippen molar-refractivity contribution in [1.82, 2.24) is 0 Å². The third-order valence-corrected chi connectivity index (χ3v) is 2.78. The first-order valence-electron chi connectivity index (χ1n) is 5.85. The molecule has 0 saturated carbocycles. The molecule has 1 aromatic carbocycles. The van der Waals surface area contributed by atoms with E-state index in [1.807, 2.05) is 30.3 Å². The number of carboxylic acids is 1. The lowest BCUT2D eigenvalue weighted by Gasteiger charge is -2.25. The molecule has 0 saturated heterocycles. The Balaban J connectivity index is 2.68. The maximum atomic E-state index is 12.1. The molecule has 0 spiro atoms. The molecular weight excluding hydrogens is 230 g/mol. The van der Waals surface area contributed by atoms with Gasteiger partial charge >= 0.3 is 5.97 Å². The van der Waals surface area contributed by atoms with Gasteiger partial charge in [0.1, 0.15) is 0 Å².